The van der Waals surface area contributed by atoms with Gasteiger partial charge in [-0.1, -0.05) is 0 Å². The average molecular weight is 323 g/mol. The molecule has 0 radical (unpaired) electrons. The molecule has 1 aliphatic rings. The van der Waals surface area contributed by atoms with Crippen LogP contribution < -0.4 is 11.1 Å². The lowest BCUT2D eigenvalue weighted by Gasteiger charge is -2.18. The Morgan fingerprint density at radius 3 is 3.05 bits per heavy atom. The minimum absolute atomic E-state index is 0.0845. The molecular formula is C13H17N5OS2. The number of amides is 1. The summed E-state index contributed by atoms with van der Waals surface area (Å²) in [7, 11) is 0. The zero-order chi connectivity index (χ0) is 14.8. The summed E-state index contributed by atoms with van der Waals surface area (Å²) in [4.78, 5) is 24.5. The van der Waals surface area contributed by atoms with Crippen LogP contribution in [0.15, 0.2) is 6.20 Å². The summed E-state index contributed by atoms with van der Waals surface area (Å²) < 4.78 is 0. The molecule has 21 heavy (non-hydrogen) atoms. The van der Waals surface area contributed by atoms with Gasteiger partial charge >= 0.3 is 0 Å². The van der Waals surface area contributed by atoms with Crippen LogP contribution in [0.4, 0.5) is 10.3 Å². The highest BCUT2D eigenvalue weighted by molar-refractivity contribution is 7.15. The van der Waals surface area contributed by atoms with Crippen LogP contribution in [0.3, 0.4) is 0 Å². The van der Waals surface area contributed by atoms with Gasteiger partial charge in [-0.05, 0) is 6.42 Å². The predicted molar refractivity (Wildman–Crippen MR) is 85.6 cm³/mol. The molecule has 6 nitrogen and oxygen atoms in total. The first-order chi connectivity index (χ1) is 10.1. The first-order valence-electron chi connectivity index (χ1n) is 6.79. The first kappa shape index (κ1) is 14.4. The molecule has 2 aromatic heterocycles. The van der Waals surface area contributed by atoms with Crippen molar-refractivity contribution >= 4 is 38.8 Å². The largest absolute Gasteiger partial charge is 0.375 e. The van der Waals surface area contributed by atoms with Crippen molar-refractivity contribution in [2.45, 2.75) is 26.3 Å². The lowest BCUT2D eigenvalue weighted by molar-refractivity contribution is -0.114. The number of hydrogen-bond acceptors (Lipinski definition) is 7. The number of nitrogens with two attached hydrogens (primary N) is 1. The van der Waals surface area contributed by atoms with E-state index in [0.29, 0.717) is 10.3 Å². The second-order valence-electron chi connectivity index (χ2n) is 5.01. The number of hydrogen-bond donors (Lipinski definition) is 2. The van der Waals surface area contributed by atoms with Gasteiger partial charge in [-0.15, -0.1) is 22.7 Å². The fourth-order valence-corrected chi connectivity index (χ4v) is 4.17. The molecule has 0 aromatic carbocycles. The molecule has 3 N–H and O–H groups in total. The number of nitrogen functional groups attached to an aromatic ring is 1. The molecule has 0 aliphatic carbocycles. The van der Waals surface area contributed by atoms with Gasteiger partial charge in [-0.3, -0.25) is 9.69 Å². The highest BCUT2D eigenvalue weighted by Crippen LogP contribution is 2.26. The quantitative estimate of drug-likeness (QED) is 0.899. The van der Waals surface area contributed by atoms with E-state index in [1.165, 1.54) is 23.1 Å². The smallest absolute Gasteiger partial charge is 0.223 e. The van der Waals surface area contributed by atoms with Crippen LogP contribution in [0.2, 0.25) is 0 Å². The Kier molecular flexibility index (Phi) is 4.18. The van der Waals surface area contributed by atoms with Crippen molar-refractivity contribution in [1.82, 2.24) is 14.9 Å². The summed E-state index contributed by atoms with van der Waals surface area (Å²) in [6, 6.07) is 0. The van der Waals surface area contributed by atoms with Gasteiger partial charge in [0.2, 0.25) is 5.91 Å². The van der Waals surface area contributed by atoms with E-state index >= 15 is 0 Å². The third kappa shape index (κ3) is 3.58. The minimum Gasteiger partial charge on any atom is -0.375 e. The molecule has 3 heterocycles. The van der Waals surface area contributed by atoms with Gasteiger partial charge in [-0.25, -0.2) is 9.97 Å². The van der Waals surface area contributed by atoms with E-state index in [9.17, 15) is 4.79 Å². The standard InChI is InChI=1S/C13H17N5OS2/c1-8(19)16-13-15-6-9(20-13)7-18-4-2-10-11(3-5-18)21-12(14)17-10/h6H,2-5,7H2,1H3,(H2,14,17)(H,15,16,19). The summed E-state index contributed by atoms with van der Waals surface area (Å²) in [5, 5.41) is 4.06. The molecule has 0 saturated heterocycles. The van der Waals surface area contributed by atoms with Crippen LogP contribution in [0.1, 0.15) is 22.4 Å². The van der Waals surface area contributed by atoms with Crippen LogP contribution in [0, 0.1) is 0 Å². The summed E-state index contributed by atoms with van der Waals surface area (Å²) in [6.45, 7) is 4.33. The number of nitrogens with one attached hydrogen (secondary N) is 1. The van der Waals surface area contributed by atoms with Crippen molar-refractivity contribution < 1.29 is 4.79 Å². The van der Waals surface area contributed by atoms with E-state index in [0.717, 1.165) is 43.0 Å². The fraction of sp³-hybridized carbons (Fsp3) is 0.462. The predicted octanol–water partition coefficient (Wildman–Crippen LogP) is 1.74. The summed E-state index contributed by atoms with van der Waals surface area (Å²) in [5.41, 5.74) is 6.92. The number of rotatable bonds is 3. The van der Waals surface area contributed by atoms with Crippen LogP contribution >= 0.6 is 22.7 Å². The third-order valence-electron chi connectivity index (χ3n) is 3.33. The van der Waals surface area contributed by atoms with Crippen molar-refractivity contribution in [3.63, 3.8) is 0 Å². The van der Waals surface area contributed by atoms with Crippen LogP contribution in [0.5, 0.6) is 0 Å². The van der Waals surface area contributed by atoms with Crippen molar-refractivity contribution in [3.05, 3.63) is 21.6 Å². The number of fused-ring (bicyclic) bond motifs is 1. The Morgan fingerprint density at radius 2 is 2.24 bits per heavy atom. The topological polar surface area (TPSA) is 84.1 Å². The molecular weight excluding hydrogens is 306 g/mol. The van der Waals surface area contributed by atoms with Crippen molar-refractivity contribution in [2.24, 2.45) is 0 Å². The van der Waals surface area contributed by atoms with E-state index in [1.807, 2.05) is 6.20 Å². The Labute approximate surface area is 131 Å². The maximum Gasteiger partial charge on any atom is 0.223 e. The van der Waals surface area contributed by atoms with Gasteiger partial charge in [-0.2, -0.15) is 0 Å². The number of anilines is 2. The maximum absolute atomic E-state index is 11.0. The lowest BCUT2D eigenvalue weighted by Crippen LogP contribution is -2.25. The van der Waals surface area contributed by atoms with Gasteiger partial charge in [0.15, 0.2) is 10.3 Å². The van der Waals surface area contributed by atoms with E-state index < -0.39 is 0 Å². The van der Waals surface area contributed by atoms with Crippen LogP contribution in [0.25, 0.3) is 0 Å². The number of carbonyl (C=O) groups is 1. The zero-order valence-corrected chi connectivity index (χ0v) is 13.4. The second kappa shape index (κ2) is 6.08. The Balaban J connectivity index is 1.60. The van der Waals surface area contributed by atoms with Crippen molar-refractivity contribution in [2.75, 3.05) is 24.1 Å². The van der Waals surface area contributed by atoms with Gasteiger partial charge in [0, 0.05) is 48.9 Å². The molecule has 0 fully saturated rings. The fourth-order valence-electron chi connectivity index (χ4n) is 2.40. The van der Waals surface area contributed by atoms with E-state index in [4.69, 9.17) is 5.73 Å². The van der Waals surface area contributed by atoms with Gasteiger partial charge < -0.3 is 11.1 Å². The molecule has 1 amide bonds. The Morgan fingerprint density at radius 1 is 1.43 bits per heavy atom. The molecule has 3 rings (SSSR count). The molecule has 2 aromatic rings. The van der Waals surface area contributed by atoms with Gasteiger partial charge in [0.1, 0.15) is 0 Å². The zero-order valence-electron chi connectivity index (χ0n) is 11.8. The van der Waals surface area contributed by atoms with Crippen LogP contribution in [-0.2, 0) is 24.2 Å². The van der Waals surface area contributed by atoms with Crippen LogP contribution in [-0.4, -0.2) is 33.9 Å². The number of thiazole rings is 2. The third-order valence-corrected chi connectivity index (χ3v) is 5.21. The van der Waals surface area contributed by atoms with Crippen molar-refractivity contribution in [1.29, 1.82) is 0 Å². The molecule has 0 atom stereocenters. The summed E-state index contributed by atoms with van der Waals surface area (Å²) in [6.07, 6.45) is 3.79. The molecule has 0 saturated carbocycles. The second-order valence-corrected chi connectivity index (χ2v) is 7.24. The first-order valence-corrected chi connectivity index (χ1v) is 8.42. The molecule has 0 bridgehead atoms. The molecule has 0 spiro atoms. The normalized spacial score (nSPS) is 15.5. The molecule has 0 unspecified atom stereocenters. The maximum atomic E-state index is 11.0. The van der Waals surface area contributed by atoms with E-state index in [2.05, 4.69) is 20.2 Å². The summed E-state index contributed by atoms with van der Waals surface area (Å²) in [5.74, 6) is -0.0845. The van der Waals surface area contributed by atoms with Crippen molar-refractivity contribution in [3.8, 4) is 0 Å². The van der Waals surface area contributed by atoms with E-state index in [1.54, 1.807) is 11.3 Å². The van der Waals surface area contributed by atoms with E-state index in [-0.39, 0.29) is 5.91 Å². The summed E-state index contributed by atoms with van der Waals surface area (Å²) >= 11 is 3.14. The number of carbonyl (C=O) groups excluding carboxylic acids is 1. The highest BCUT2D eigenvalue weighted by Gasteiger charge is 2.18. The molecule has 112 valence electrons. The Hall–Kier alpha value is -1.51. The highest BCUT2D eigenvalue weighted by atomic mass is 32.1. The number of nitrogens with zero attached hydrogens (tertiary/aromatic N) is 3. The number of aromatic nitrogens is 2. The monoisotopic (exact) mass is 323 g/mol. The average Bonchev–Trinajstić information content (AvgIpc) is 2.94. The molecule has 1 aliphatic heterocycles. The molecule has 8 heteroatoms. The van der Waals surface area contributed by atoms with Gasteiger partial charge in [0.05, 0.1) is 5.69 Å². The SMILES string of the molecule is CC(=O)Nc1ncc(CN2CCc3nc(N)sc3CC2)s1. The lowest BCUT2D eigenvalue weighted by atomic mass is 10.2. The minimum atomic E-state index is -0.0845. The van der Waals surface area contributed by atoms with Gasteiger partial charge in [0.25, 0.3) is 0 Å². The Bertz CT molecular complexity index is 625.